The molecule has 2 aliphatic carbocycles. The van der Waals surface area contributed by atoms with Crippen LogP contribution in [-0.4, -0.2) is 73.4 Å². The van der Waals surface area contributed by atoms with Gasteiger partial charge in [0.25, 0.3) is 0 Å². The summed E-state index contributed by atoms with van der Waals surface area (Å²) in [5.74, 6) is 1.30. The third-order valence-electron chi connectivity index (χ3n) is 6.36. The molecule has 2 amide bonds. The molecule has 0 aromatic rings. The molecule has 0 radical (unpaired) electrons. The average molecular weight is 519 g/mol. The molecule has 1 atom stereocenters. The number of halogens is 1. The third-order valence-corrected chi connectivity index (χ3v) is 6.36. The maximum absolute atomic E-state index is 12.7. The van der Waals surface area contributed by atoms with Crippen LogP contribution in [0.25, 0.3) is 0 Å². The van der Waals surface area contributed by atoms with E-state index in [1.54, 1.807) is 19.0 Å². The van der Waals surface area contributed by atoms with E-state index < -0.39 is 0 Å². The van der Waals surface area contributed by atoms with Crippen molar-refractivity contribution in [2.75, 3.05) is 33.7 Å². The number of carbonyl (C=O) groups is 2. The van der Waals surface area contributed by atoms with Gasteiger partial charge < -0.3 is 20.4 Å². The smallest absolute Gasteiger partial charge is 0.243 e. The van der Waals surface area contributed by atoms with Gasteiger partial charge in [-0.3, -0.25) is 9.59 Å². The van der Waals surface area contributed by atoms with Crippen LogP contribution in [0.4, 0.5) is 0 Å². The van der Waals surface area contributed by atoms with E-state index in [-0.39, 0.29) is 48.4 Å². The van der Waals surface area contributed by atoms with Crippen molar-refractivity contribution < 1.29 is 9.59 Å². The zero-order chi connectivity index (χ0) is 19.9. The summed E-state index contributed by atoms with van der Waals surface area (Å²) in [5, 5.41) is 7.05. The van der Waals surface area contributed by atoms with E-state index in [0.29, 0.717) is 11.9 Å². The number of amides is 2. The highest BCUT2D eigenvalue weighted by Gasteiger charge is 2.32. The molecule has 0 spiro atoms. The van der Waals surface area contributed by atoms with Gasteiger partial charge in [-0.15, -0.1) is 24.0 Å². The highest BCUT2D eigenvalue weighted by Crippen LogP contribution is 2.27. The molecule has 1 unspecified atom stereocenters. The number of hydrogen-bond donors (Lipinski definition) is 2. The molecule has 1 saturated heterocycles. The van der Waals surface area contributed by atoms with Crippen LogP contribution < -0.4 is 10.6 Å². The molecule has 1 heterocycles. The molecule has 29 heavy (non-hydrogen) atoms. The predicted octanol–water partition coefficient (Wildman–Crippen LogP) is 2.35. The van der Waals surface area contributed by atoms with Crippen LogP contribution in [0.15, 0.2) is 4.99 Å². The molecular formula is C21H38IN5O2. The minimum Gasteiger partial charge on any atom is -0.354 e. The van der Waals surface area contributed by atoms with Crippen molar-refractivity contribution in [2.45, 2.75) is 76.3 Å². The number of likely N-dealkylation sites (N-methyl/N-ethyl adjacent to an activating group) is 1. The summed E-state index contributed by atoms with van der Waals surface area (Å²) in [6.07, 6.45) is 11.5. The minimum absolute atomic E-state index is 0. The number of rotatable bonds is 5. The standard InChI is InChI=1S/C21H37N5O2.HI/c1-25(2)19(27)14-22-21(23-17-10-4-3-5-11-17)24-18-12-13-26(15-18)20(28)16-8-6-7-9-16;/h16-18H,3-15H2,1-2H3,(H2,22,23,24);1H. The van der Waals surface area contributed by atoms with Crippen LogP contribution in [0.5, 0.6) is 0 Å². The minimum atomic E-state index is -0.00537. The van der Waals surface area contributed by atoms with E-state index in [2.05, 4.69) is 15.6 Å². The zero-order valence-electron chi connectivity index (χ0n) is 18.0. The first-order chi connectivity index (χ1) is 13.5. The molecule has 0 aromatic heterocycles. The van der Waals surface area contributed by atoms with Gasteiger partial charge in [-0.1, -0.05) is 32.1 Å². The van der Waals surface area contributed by atoms with Crippen molar-refractivity contribution in [2.24, 2.45) is 10.9 Å². The van der Waals surface area contributed by atoms with Gasteiger partial charge in [0.15, 0.2) is 5.96 Å². The summed E-state index contributed by atoms with van der Waals surface area (Å²) >= 11 is 0. The van der Waals surface area contributed by atoms with E-state index in [4.69, 9.17) is 0 Å². The number of aliphatic imine (C=N–C) groups is 1. The monoisotopic (exact) mass is 519 g/mol. The summed E-state index contributed by atoms with van der Waals surface area (Å²) in [4.78, 5) is 32.8. The Bertz CT molecular complexity index is 571. The van der Waals surface area contributed by atoms with Gasteiger partial charge in [0, 0.05) is 45.2 Å². The normalized spacial score (nSPS) is 23.6. The summed E-state index contributed by atoms with van der Waals surface area (Å²) in [7, 11) is 3.51. The third kappa shape index (κ3) is 7.29. The van der Waals surface area contributed by atoms with E-state index in [1.807, 2.05) is 4.90 Å². The van der Waals surface area contributed by atoms with Crippen molar-refractivity contribution >= 4 is 41.8 Å². The molecule has 2 N–H and O–H groups in total. The molecular weight excluding hydrogens is 481 g/mol. The van der Waals surface area contributed by atoms with Gasteiger partial charge in [-0.05, 0) is 32.1 Å². The summed E-state index contributed by atoms with van der Waals surface area (Å²) in [5.41, 5.74) is 0. The van der Waals surface area contributed by atoms with Crippen LogP contribution in [0.1, 0.15) is 64.2 Å². The lowest BCUT2D eigenvalue weighted by molar-refractivity contribution is -0.134. The Balaban J connectivity index is 0.00000300. The Hall–Kier alpha value is -1.06. The average Bonchev–Trinajstić information content (AvgIpc) is 3.38. The van der Waals surface area contributed by atoms with E-state index in [9.17, 15) is 9.59 Å². The molecule has 0 bridgehead atoms. The van der Waals surface area contributed by atoms with Gasteiger partial charge in [0.1, 0.15) is 6.54 Å². The highest BCUT2D eigenvalue weighted by molar-refractivity contribution is 14.0. The molecule has 3 rings (SSSR count). The van der Waals surface area contributed by atoms with Crippen LogP contribution in [0.3, 0.4) is 0 Å². The van der Waals surface area contributed by atoms with Crippen LogP contribution in [-0.2, 0) is 9.59 Å². The van der Waals surface area contributed by atoms with E-state index in [1.165, 1.54) is 32.1 Å². The summed E-state index contributed by atoms with van der Waals surface area (Å²) in [6, 6.07) is 0.627. The molecule has 0 aromatic carbocycles. The Labute approximate surface area is 192 Å². The lowest BCUT2D eigenvalue weighted by Gasteiger charge is -2.27. The maximum Gasteiger partial charge on any atom is 0.243 e. The van der Waals surface area contributed by atoms with Gasteiger partial charge >= 0.3 is 0 Å². The molecule has 1 aliphatic heterocycles. The second-order valence-electron chi connectivity index (χ2n) is 8.83. The Morgan fingerprint density at radius 2 is 1.55 bits per heavy atom. The summed E-state index contributed by atoms with van der Waals surface area (Å²) < 4.78 is 0. The van der Waals surface area contributed by atoms with Gasteiger partial charge in [0.05, 0.1) is 0 Å². The van der Waals surface area contributed by atoms with Crippen molar-refractivity contribution in [3.8, 4) is 0 Å². The lowest BCUT2D eigenvalue weighted by atomic mass is 9.96. The van der Waals surface area contributed by atoms with Crippen molar-refractivity contribution in [3.05, 3.63) is 0 Å². The first-order valence-electron chi connectivity index (χ1n) is 11.1. The van der Waals surface area contributed by atoms with Gasteiger partial charge in [0.2, 0.25) is 11.8 Å². The Kier molecular flexibility index (Phi) is 9.98. The van der Waals surface area contributed by atoms with E-state index in [0.717, 1.165) is 51.2 Å². The topological polar surface area (TPSA) is 77.0 Å². The largest absolute Gasteiger partial charge is 0.354 e. The number of guanidine groups is 1. The second-order valence-corrected chi connectivity index (χ2v) is 8.83. The lowest BCUT2D eigenvalue weighted by Crippen LogP contribution is -2.49. The van der Waals surface area contributed by atoms with Crippen LogP contribution in [0.2, 0.25) is 0 Å². The predicted molar refractivity (Wildman–Crippen MR) is 126 cm³/mol. The number of nitrogens with zero attached hydrogens (tertiary/aromatic N) is 3. The van der Waals surface area contributed by atoms with Crippen LogP contribution >= 0.6 is 24.0 Å². The molecule has 8 heteroatoms. The fourth-order valence-corrected chi connectivity index (χ4v) is 4.56. The molecule has 166 valence electrons. The van der Waals surface area contributed by atoms with Crippen molar-refractivity contribution in [1.29, 1.82) is 0 Å². The molecule has 2 saturated carbocycles. The quantitative estimate of drug-likeness (QED) is 0.332. The highest BCUT2D eigenvalue weighted by atomic mass is 127. The van der Waals surface area contributed by atoms with Crippen molar-refractivity contribution in [3.63, 3.8) is 0 Å². The van der Waals surface area contributed by atoms with Gasteiger partial charge in [-0.25, -0.2) is 4.99 Å². The fourth-order valence-electron chi connectivity index (χ4n) is 4.56. The number of carbonyl (C=O) groups excluding carboxylic acids is 2. The number of likely N-dealkylation sites (tertiary alicyclic amines) is 1. The van der Waals surface area contributed by atoms with Crippen molar-refractivity contribution in [1.82, 2.24) is 20.4 Å². The zero-order valence-corrected chi connectivity index (χ0v) is 20.3. The number of hydrogen-bond acceptors (Lipinski definition) is 3. The fraction of sp³-hybridized carbons (Fsp3) is 0.857. The molecule has 3 fully saturated rings. The molecule has 7 nitrogen and oxygen atoms in total. The Morgan fingerprint density at radius 3 is 2.21 bits per heavy atom. The summed E-state index contributed by atoms with van der Waals surface area (Å²) in [6.45, 7) is 1.70. The first-order valence-corrected chi connectivity index (χ1v) is 11.1. The molecule has 3 aliphatic rings. The Morgan fingerprint density at radius 1 is 0.931 bits per heavy atom. The SMILES string of the molecule is CN(C)C(=O)CN=C(NC1CCCCC1)NC1CCN(C(=O)C2CCCC2)C1.I. The van der Waals surface area contributed by atoms with Crippen LogP contribution in [0, 0.1) is 5.92 Å². The van der Waals surface area contributed by atoms with E-state index >= 15 is 0 Å². The maximum atomic E-state index is 12.7. The number of nitrogens with one attached hydrogen (secondary N) is 2. The first kappa shape index (κ1) is 24.2. The van der Waals surface area contributed by atoms with Gasteiger partial charge in [-0.2, -0.15) is 0 Å². The second kappa shape index (κ2) is 12.0.